The average molecular weight is 198 g/mol. The highest BCUT2D eigenvalue weighted by molar-refractivity contribution is 5.75. The first-order valence-corrected chi connectivity index (χ1v) is 5.60. The van der Waals surface area contributed by atoms with Crippen LogP contribution in [0.4, 0.5) is 0 Å². The lowest BCUT2D eigenvalue weighted by atomic mass is 9.89. The zero-order valence-electron chi connectivity index (χ0n) is 9.33. The van der Waals surface area contributed by atoms with Crippen molar-refractivity contribution in [2.45, 2.75) is 33.1 Å². The Morgan fingerprint density at radius 3 is 2.71 bits per heavy atom. The number of carbonyl (C=O) groups is 1. The Kier molecular flexibility index (Phi) is 4.39. The van der Waals surface area contributed by atoms with Gasteiger partial charge in [-0.3, -0.25) is 9.69 Å². The van der Waals surface area contributed by atoms with Gasteiger partial charge in [-0.05, 0) is 44.2 Å². The second kappa shape index (κ2) is 5.35. The number of likely N-dealkylation sites (tertiary alicyclic amines) is 1. The molecule has 1 heterocycles. The molecule has 3 heteroatoms. The maximum absolute atomic E-state index is 10.8. The van der Waals surface area contributed by atoms with Crippen molar-refractivity contribution in [1.29, 1.82) is 0 Å². The van der Waals surface area contributed by atoms with Gasteiger partial charge in [-0.15, -0.1) is 0 Å². The number of nitrogens with zero attached hydrogens (tertiary/aromatic N) is 1. The molecule has 82 valence electrons. The minimum Gasteiger partial charge on any atom is -0.369 e. The first-order valence-electron chi connectivity index (χ1n) is 5.60. The molecule has 1 unspecified atom stereocenters. The summed E-state index contributed by atoms with van der Waals surface area (Å²) < 4.78 is 0. The zero-order valence-corrected chi connectivity index (χ0v) is 9.33. The van der Waals surface area contributed by atoms with E-state index in [1.807, 2.05) is 0 Å². The molecule has 1 atom stereocenters. The van der Waals surface area contributed by atoms with Gasteiger partial charge in [0.2, 0.25) is 5.91 Å². The molecular weight excluding hydrogens is 176 g/mol. The molecule has 1 rings (SSSR count). The quantitative estimate of drug-likeness (QED) is 0.741. The van der Waals surface area contributed by atoms with Crippen molar-refractivity contribution in [1.82, 2.24) is 4.90 Å². The summed E-state index contributed by atoms with van der Waals surface area (Å²) >= 11 is 0. The maximum Gasteiger partial charge on any atom is 0.231 e. The number of primary amides is 1. The molecule has 1 aliphatic heterocycles. The van der Waals surface area contributed by atoms with Gasteiger partial charge in [-0.1, -0.05) is 13.8 Å². The van der Waals surface area contributed by atoms with Gasteiger partial charge in [0, 0.05) is 0 Å². The van der Waals surface area contributed by atoms with Gasteiger partial charge in [0.25, 0.3) is 0 Å². The molecule has 0 aromatic rings. The summed E-state index contributed by atoms with van der Waals surface area (Å²) in [6.07, 6.45) is 3.72. The maximum atomic E-state index is 10.8. The second-order valence-corrected chi connectivity index (χ2v) is 4.68. The highest BCUT2D eigenvalue weighted by atomic mass is 16.1. The highest BCUT2D eigenvalue weighted by Crippen LogP contribution is 2.24. The van der Waals surface area contributed by atoms with E-state index in [0.29, 0.717) is 6.54 Å². The highest BCUT2D eigenvalue weighted by Gasteiger charge is 2.19. The predicted octanol–water partition coefficient (Wildman–Crippen LogP) is 1.23. The molecule has 0 spiro atoms. The molecule has 0 radical (unpaired) electrons. The minimum atomic E-state index is -0.201. The summed E-state index contributed by atoms with van der Waals surface area (Å²) in [6.45, 7) is 7.07. The van der Waals surface area contributed by atoms with Crippen molar-refractivity contribution in [3.8, 4) is 0 Å². The van der Waals surface area contributed by atoms with E-state index in [0.717, 1.165) is 24.9 Å². The lowest BCUT2D eigenvalue weighted by Gasteiger charge is -2.19. The Morgan fingerprint density at radius 2 is 2.14 bits per heavy atom. The van der Waals surface area contributed by atoms with Crippen LogP contribution in [0, 0.1) is 11.8 Å². The number of hydrogen-bond acceptors (Lipinski definition) is 2. The molecule has 3 nitrogen and oxygen atoms in total. The standard InChI is InChI=1S/C11H22N2O/c1-9(2)10-4-3-6-13(7-5-10)8-11(12)14/h9-10H,3-8H2,1-2H3,(H2,12,14). The molecular formula is C11H22N2O. The molecule has 14 heavy (non-hydrogen) atoms. The summed E-state index contributed by atoms with van der Waals surface area (Å²) in [4.78, 5) is 13.0. The number of amides is 1. The Bertz CT molecular complexity index is 192. The van der Waals surface area contributed by atoms with Crippen molar-refractivity contribution in [3.63, 3.8) is 0 Å². The summed E-state index contributed by atoms with van der Waals surface area (Å²) in [5.74, 6) is 1.39. The lowest BCUT2D eigenvalue weighted by molar-refractivity contribution is -0.119. The van der Waals surface area contributed by atoms with Crippen LogP contribution in [-0.4, -0.2) is 30.4 Å². The number of nitrogens with two attached hydrogens (primary N) is 1. The molecule has 1 amide bonds. The van der Waals surface area contributed by atoms with E-state index in [4.69, 9.17) is 5.73 Å². The second-order valence-electron chi connectivity index (χ2n) is 4.68. The smallest absolute Gasteiger partial charge is 0.231 e. The topological polar surface area (TPSA) is 46.3 Å². The van der Waals surface area contributed by atoms with E-state index >= 15 is 0 Å². The Morgan fingerprint density at radius 1 is 1.43 bits per heavy atom. The number of rotatable bonds is 3. The molecule has 1 fully saturated rings. The zero-order chi connectivity index (χ0) is 10.6. The first-order chi connectivity index (χ1) is 6.59. The van der Waals surface area contributed by atoms with Crippen LogP contribution in [0.3, 0.4) is 0 Å². The normalized spacial score (nSPS) is 24.9. The minimum absolute atomic E-state index is 0.201. The molecule has 0 bridgehead atoms. The third-order valence-electron chi connectivity index (χ3n) is 3.19. The lowest BCUT2D eigenvalue weighted by Crippen LogP contribution is -2.34. The molecule has 0 aromatic heterocycles. The van der Waals surface area contributed by atoms with E-state index in [9.17, 15) is 4.79 Å². The van der Waals surface area contributed by atoms with Crippen molar-refractivity contribution >= 4 is 5.91 Å². The fourth-order valence-electron chi connectivity index (χ4n) is 2.23. The van der Waals surface area contributed by atoms with Crippen LogP contribution < -0.4 is 5.73 Å². The Labute approximate surface area is 86.6 Å². The van der Waals surface area contributed by atoms with Crippen molar-refractivity contribution in [3.05, 3.63) is 0 Å². The van der Waals surface area contributed by atoms with E-state index in [2.05, 4.69) is 18.7 Å². The average Bonchev–Trinajstić information content (AvgIpc) is 2.28. The van der Waals surface area contributed by atoms with Crippen LogP contribution in [0.2, 0.25) is 0 Å². The van der Waals surface area contributed by atoms with Crippen LogP contribution in [0.25, 0.3) is 0 Å². The van der Waals surface area contributed by atoms with Gasteiger partial charge in [-0.25, -0.2) is 0 Å². The van der Waals surface area contributed by atoms with Gasteiger partial charge in [-0.2, -0.15) is 0 Å². The summed E-state index contributed by atoms with van der Waals surface area (Å²) in [7, 11) is 0. The molecule has 1 saturated heterocycles. The Hall–Kier alpha value is -0.570. The van der Waals surface area contributed by atoms with Gasteiger partial charge in [0.1, 0.15) is 0 Å². The molecule has 1 aliphatic rings. The van der Waals surface area contributed by atoms with Crippen molar-refractivity contribution in [2.75, 3.05) is 19.6 Å². The summed E-state index contributed by atoms with van der Waals surface area (Å²) in [5.41, 5.74) is 5.19. The SMILES string of the molecule is CC(C)C1CCCN(CC(N)=O)CC1. The van der Waals surface area contributed by atoms with E-state index in [1.165, 1.54) is 19.3 Å². The molecule has 0 aliphatic carbocycles. The van der Waals surface area contributed by atoms with E-state index in [-0.39, 0.29) is 5.91 Å². The van der Waals surface area contributed by atoms with Crippen LogP contribution in [0.5, 0.6) is 0 Å². The van der Waals surface area contributed by atoms with Crippen molar-refractivity contribution < 1.29 is 4.79 Å². The molecule has 2 N–H and O–H groups in total. The first kappa shape index (κ1) is 11.5. The van der Waals surface area contributed by atoms with Crippen LogP contribution in [-0.2, 0) is 4.79 Å². The third kappa shape index (κ3) is 3.66. The molecule has 0 saturated carbocycles. The van der Waals surface area contributed by atoms with Crippen LogP contribution >= 0.6 is 0 Å². The van der Waals surface area contributed by atoms with Gasteiger partial charge < -0.3 is 5.73 Å². The van der Waals surface area contributed by atoms with Crippen LogP contribution in [0.1, 0.15) is 33.1 Å². The fraction of sp³-hybridized carbons (Fsp3) is 0.909. The third-order valence-corrected chi connectivity index (χ3v) is 3.19. The van der Waals surface area contributed by atoms with Gasteiger partial charge >= 0.3 is 0 Å². The van der Waals surface area contributed by atoms with Crippen molar-refractivity contribution in [2.24, 2.45) is 17.6 Å². The number of carbonyl (C=O) groups excluding carboxylic acids is 1. The summed E-state index contributed by atoms with van der Waals surface area (Å²) in [5, 5.41) is 0. The van der Waals surface area contributed by atoms with Gasteiger partial charge in [0.15, 0.2) is 0 Å². The Balaban J connectivity index is 2.36. The van der Waals surface area contributed by atoms with Crippen LogP contribution in [0.15, 0.2) is 0 Å². The number of hydrogen-bond donors (Lipinski definition) is 1. The monoisotopic (exact) mass is 198 g/mol. The van der Waals surface area contributed by atoms with Gasteiger partial charge in [0.05, 0.1) is 6.54 Å². The largest absolute Gasteiger partial charge is 0.369 e. The fourth-order valence-corrected chi connectivity index (χ4v) is 2.23. The van der Waals surface area contributed by atoms with E-state index in [1.54, 1.807) is 0 Å². The van der Waals surface area contributed by atoms with E-state index < -0.39 is 0 Å². The molecule has 0 aromatic carbocycles. The predicted molar refractivity (Wildman–Crippen MR) is 57.8 cm³/mol. The summed E-state index contributed by atoms with van der Waals surface area (Å²) in [6, 6.07) is 0.